The van der Waals surface area contributed by atoms with E-state index in [1.54, 1.807) is 20.3 Å². The first-order valence-electron chi connectivity index (χ1n) is 8.66. The Labute approximate surface area is 154 Å². The summed E-state index contributed by atoms with van der Waals surface area (Å²) in [5, 5.41) is 6.02. The minimum absolute atomic E-state index is 0.182. The number of aromatic nitrogens is 2. The van der Waals surface area contributed by atoms with E-state index in [9.17, 15) is 4.79 Å². The first kappa shape index (κ1) is 19.5. The molecule has 0 fully saturated rings. The van der Waals surface area contributed by atoms with Crippen LogP contribution in [0.5, 0.6) is 11.5 Å². The van der Waals surface area contributed by atoms with Gasteiger partial charge in [-0.05, 0) is 37.1 Å². The largest absolute Gasteiger partial charge is 0.493 e. The van der Waals surface area contributed by atoms with E-state index in [-0.39, 0.29) is 5.91 Å². The van der Waals surface area contributed by atoms with E-state index in [1.165, 1.54) is 0 Å². The highest BCUT2D eigenvalue weighted by atomic mass is 16.5. The number of methoxy groups -OCH3 is 2. The maximum absolute atomic E-state index is 12.2. The van der Waals surface area contributed by atoms with E-state index >= 15 is 0 Å². The van der Waals surface area contributed by atoms with Gasteiger partial charge in [-0.25, -0.2) is 9.97 Å². The van der Waals surface area contributed by atoms with Gasteiger partial charge in [-0.2, -0.15) is 0 Å². The molecule has 0 aliphatic carbocycles. The summed E-state index contributed by atoms with van der Waals surface area (Å²) in [6.45, 7) is 5.07. The molecule has 26 heavy (non-hydrogen) atoms. The second kappa shape index (κ2) is 9.60. The molecule has 0 aliphatic rings. The lowest BCUT2D eigenvalue weighted by atomic mass is 10.2. The number of rotatable bonds is 9. The zero-order chi connectivity index (χ0) is 18.9. The fraction of sp³-hybridized carbons (Fsp3) is 0.421. The van der Waals surface area contributed by atoms with Gasteiger partial charge in [0.25, 0.3) is 5.91 Å². The van der Waals surface area contributed by atoms with Gasteiger partial charge < -0.3 is 20.1 Å². The lowest BCUT2D eigenvalue weighted by molar-refractivity contribution is 0.0948. The average molecular weight is 358 g/mol. The van der Waals surface area contributed by atoms with Crippen molar-refractivity contribution in [3.63, 3.8) is 0 Å². The van der Waals surface area contributed by atoms with Crippen LogP contribution in [0.15, 0.2) is 24.3 Å². The predicted molar refractivity (Wildman–Crippen MR) is 101 cm³/mol. The number of carbonyl (C=O) groups excluding carboxylic acids is 1. The Kier molecular flexibility index (Phi) is 7.20. The number of hydrogen-bond acceptors (Lipinski definition) is 6. The van der Waals surface area contributed by atoms with E-state index in [4.69, 9.17) is 9.47 Å². The van der Waals surface area contributed by atoms with Crippen LogP contribution >= 0.6 is 0 Å². The molecule has 0 bridgehead atoms. The molecule has 0 spiro atoms. The number of amides is 1. The van der Waals surface area contributed by atoms with Gasteiger partial charge in [-0.3, -0.25) is 4.79 Å². The zero-order valence-corrected chi connectivity index (χ0v) is 15.8. The SMILES string of the molecule is CCCCNC(=O)c1cc(C)nc(NCc2ccc(OC)c(OC)c2)n1. The molecule has 2 rings (SSSR count). The summed E-state index contributed by atoms with van der Waals surface area (Å²) in [6, 6.07) is 7.35. The Bertz CT molecular complexity index is 750. The van der Waals surface area contributed by atoms with E-state index < -0.39 is 0 Å². The van der Waals surface area contributed by atoms with Gasteiger partial charge in [0.2, 0.25) is 5.95 Å². The molecule has 1 aromatic carbocycles. The maximum atomic E-state index is 12.2. The van der Waals surface area contributed by atoms with Crippen molar-refractivity contribution < 1.29 is 14.3 Å². The maximum Gasteiger partial charge on any atom is 0.270 e. The van der Waals surface area contributed by atoms with Crippen molar-refractivity contribution in [1.29, 1.82) is 0 Å². The smallest absolute Gasteiger partial charge is 0.270 e. The molecular formula is C19H26N4O3. The minimum Gasteiger partial charge on any atom is -0.493 e. The normalized spacial score (nSPS) is 10.3. The van der Waals surface area contributed by atoms with Gasteiger partial charge in [-0.1, -0.05) is 19.4 Å². The quantitative estimate of drug-likeness (QED) is 0.671. The number of ether oxygens (including phenoxy) is 2. The predicted octanol–water partition coefficient (Wildman–Crippen LogP) is 2.94. The summed E-state index contributed by atoms with van der Waals surface area (Å²) in [6.07, 6.45) is 1.97. The molecule has 7 heteroatoms. The third-order valence-electron chi connectivity index (χ3n) is 3.80. The van der Waals surface area contributed by atoms with Crippen molar-refractivity contribution in [2.24, 2.45) is 0 Å². The standard InChI is InChI=1S/C19H26N4O3/c1-5-6-9-20-18(24)15-10-13(2)22-19(23-15)21-12-14-7-8-16(25-3)17(11-14)26-4/h7-8,10-11H,5-6,9,12H2,1-4H3,(H,20,24)(H,21,22,23). The molecule has 0 atom stereocenters. The molecule has 0 saturated carbocycles. The number of benzene rings is 1. The van der Waals surface area contributed by atoms with Crippen molar-refractivity contribution >= 4 is 11.9 Å². The topological polar surface area (TPSA) is 85.4 Å². The van der Waals surface area contributed by atoms with E-state index in [0.717, 1.165) is 24.1 Å². The molecule has 1 heterocycles. The Morgan fingerprint density at radius 1 is 1.12 bits per heavy atom. The van der Waals surface area contributed by atoms with Gasteiger partial charge in [0.1, 0.15) is 5.69 Å². The molecule has 2 aromatic rings. The number of carbonyl (C=O) groups is 1. The minimum atomic E-state index is -0.182. The number of aryl methyl sites for hydroxylation is 1. The Hall–Kier alpha value is -2.83. The number of nitrogens with zero attached hydrogens (tertiary/aromatic N) is 2. The average Bonchev–Trinajstić information content (AvgIpc) is 2.65. The molecule has 140 valence electrons. The zero-order valence-electron chi connectivity index (χ0n) is 15.8. The Morgan fingerprint density at radius 2 is 1.88 bits per heavy atom. The van der Waals surface area contributed by atoms with Crippen molar-refractivity contribution in [2.45, 2.75) is 33.2 Å². The van der Waals surface area contributed by atoms with Crippen LogP contribution in [0.4, 0.5) is 5.95 Å². The molecule has 0 aliphatic heterocycles. The van der Waals surface area contributed by atoms with Crippen molar-refractivity contribution in [1.82, 2.24) is 15.3 Å². The number of hydrogen-bond donors (Lipinski definition) is 2. The second-order valence-corrected chi connectivity index (χ2v) is 5.87. The first-order chi connectivity index (χ1) is 12.6. The third kappa shape index (κ3) is 5.34. The van der Waals surface area contributed by atoms with Crippen LogP contribution in [0.1, 0.15) is 41.5 Å². The molecule has 7 nitrogen and oxygen atoms in total. The molecule has 1 amide bonds. The van der Waals surface area contributed by atoms with Crippen LogP contribution < -0.4 is 20.1 Å². The van der Waals surface area contributed by atoms with Gasteiger partial charge in [-0.15, -0.1) is 0 Å². The van der Waals surface area contributed by atoms with Gasteiger partial charge in [0, 0.05) is 18.8 Å². The monoisotopic (exact) mass is 358 g/mol. The number of nitrogens with one attached hydrogen (secondary N) is 2. The van der Waals surface area contributed by atoms with Gasteiger partial charge in [0.15, 0.2) is 11.5 Å². The highest BCUT2D eigenvalue weighted by Crippen LogP contribution is 2.27. The molecule has 0 saturated heterocycles. The molecule has 0 unspecified atom stereocenters. The number of anilines is 1. The second-order valence-electron chi connectivity index (χ2n) is 5.87. The first-order valence-corrected chi connectivity index (χ1v) is 8.66. The van der Waals surface area contributed by atoms with E-state index in [2.05, 4.69) is 27.5 Å². The van der Waals surface area contributed by atoms with E-state index in [1.807, 2.05) is 25.1 Å². The highest BCUT2D eigenvalue weighted by molar-refractivity contribution is 5.92. The summed E-state index contributed by atoms with van der Waals surface area (Å²) < 4.78 is 10.5. The Balaban J connectivity index is 2.06. The summed E-state index contributed by atoms with van der Waals surface area (Å²) >= 11 is 0. The van der Waals surface area contributed by atoms with Crippen LogP contribution in [0.25, 0.3) is 0 Å². The van der Waals surface area contributed by atoms with Gasteiger partial charge in [0.05, 0.1) is 14.2 Å². The lowest BCUT2D eigenvalue weighted by Crippen LogP contribution is -2.26. The van der Waals surface area contributed by atoms with Crippen molar-refractivity contribution in [3.8, 4) is 11.5 Å². The van der Waals surface area contributed by atoms with Crippen LogP contribution in [0, 0.1) is 6.92 Å². The van der Waals surface area contributed by atoms with Crippen LogP contribution in [0.3, 0.4) is 0 Å². The Morgan fingerprint density at radius 3 is 2.58 bits per heavy atom. The van der Waals surface area contributed by atoms with Crippen LogP contribution in [-0.4, -0.2) is 36.6 Å². The summed E-state index contributed by atoms with van der Waals surface area (Å²) in [5.41, 5.74) is 2.08. The van der Waals surface area contributed by atoms with Crippen molar-refractivity contribution in [2.75, 3.05) is 26.1 Å². The van der Waals surface area contributed by atoms with Crippen molar-refractivity contribution in [3.05, 3.63) is 41.2 Å². The molecule has 0 radical (unpaired) electrons. The van der Waals surface area contributed by atoms with Gasteiger partial charge >= 0.3 is 0 Å². The molecular weight excluding hydrogens is 332 g/mol. The fourth-order valence-corrected chi connectivity index (χ4v) is 2.40. The molecule has 2 N–H and O–H groups in total. The third-order valence-corrected chi connectivity index (χ3v) is 3.80. The summed E-state index contributed by atoms with van der Waals surface area (Å²) in [7, 11) is 3.20. The summed E-state index contributed by atoms with van der Waals surface area (Å²) in [4.78, 5) is 20.9. The lowest BCUT2D eigenvalue weighted by Gasteiger charge is -2.11. The van der Waals surface area contributed by atoms with Crippen LogP contribution in [0.2, 0.25) is 0 Å². The van der Waals surface area contributed by atoms with Crippen LogP contribution in [-0.2, 0) is 6.54 Å². The molecule has 1 aromatic heterocycles. The fourth-order valence-electron chi connectivity index (χ4n) is 2.40. The highest BCUT2D eigenvalue weighted by Gasteiger charge is 2.10. The number of unbranched alkanes of at least 4 members (excludes halogenated alkanes) is 1. The summed E-state index contributed by atoms with van der Waals surface area (Å²) in [5.74, 6) is 1.57. The van der Waals surface area contributed by atoms with E-state index in [0.29, 0.717) is 36.2 Å².